The maximum atomic E-state index is 12.3. The maximum absolute atomic E-state index is 12.3. The summed E-state index contributed by atoms with van der Waals surface area (Å²) in [5, 5.41) is 0. The fourth-order valence-corrected chi connectivity index (χ4v) is 3.06. The highest BCUT2D eigenvalue weighted by molar-refractivity contribution is 5.77. The second-order valence-corrected chi connectivity index (χ2v) is 6.43. The molecule has 20 heavy (non-hydrogen) atoms. The summed E-state index contributed by atoms with van der Waals surface area (Å²) in [5.41, 5.74) is 9.75. The molecule has 3 heteroatoms. The summed E-state index contributed by atoms with van der Waals surface area (Å²) in [7, 11) is 1.87. The Labute approximate surface area is 122 Å². The zero-order valence-electron chi connectivity index (χ0n) is 12.9. The van der Waals surface area contributed by atoms with Gasteiger partial charge in [0.15, 0.2) is 0 Å². The molecule has 1 saturated carbocycles. The van der Waals surface area contributed by atoms with Gasteiger partial charge >= 0.3 is 0 Å². The van der Waals surface area contributed by atoms with Crippen LogP contribution in [0.4, 0.5) is 0 Å². The van der Waals surface area contributed by atoms with E-state index in [0.717, 1.165) is 25.7 Å². The van der Waals surface area contributed by atoms with Gasteiger partial charge < -0.3 is 10.6 Å². The molecule has 0 saturated heterocycles. The Bertz CT molecular complexity index is 490. The summed E-state index contributed by atoms with van der Waals surface area (Å²) < 4.78 is 0. The topological polar surface area (TPSA) is 46.3 Å². The first-order chi connectivity index (χ1) is 9.39. The normalized spacial score (nSPS) is 17.2. The van der Waals surface area contributed by atoms with E-state index in [1.807, 2.05) is 11.9 Å². The zero-order chi connectivity index (χ0) is 14.8. The van der Waals surface area contributed by atoms with Crippen molar-refractivity contribution in [1.29, 1.82) is 0 Å². The van der Waals surface area contributed by atoms with Gasteiger partial charge in [-0.1, -0.05) is 36.6 Å². The average molecular weight is 274 g/mol. The van der Waals surface area contributed by atoms with Gasteiger partial charge in [0.1, 0.15) is 0 Å². The SMILES string of the molecule is Cc1ccc(CN(C)C(=O)CC2(N)CCCC2)c(C)c1. The molecule has 1 amide bonds. The quantitative estimate of drug-likeness (QED) is 0.917. The van der Waals surface area contributed by atoms with Gasteiger partial charge in [-0.05, 0) is 37.8 Å². The molecule has 0 aliphatic heterocycles. The lowest BCUT2D eigenvalue weighted by molar-refractivity contribution is -0.131. The molecule has 1 aliphatic rings. The van der Waals surface area contributed by atoms with E-state index in [0.29, 0.717) is 13.0 Å². The molecular weight excluding hydrogens is 248 g/mol. The number of rotatable bonds is 4. The van der Waals surface area contributed by atoms with Gasteiger partial charge in [0.25, 0.3) is 0 Å². The van der Waals surface area contributed by atoms with E-state index in [9.17, 15) is 4.79 Å². The number of carbonyl (C=O) groups excluding carboxylic acids is 1. The average Bonchev–Trinajstić information content (AvgIpc) is 2.79. The number of benzene rings is 1. The molecule has 1 aromatic rings. The highest BCUT2D eigenvalue weighted by atomic mass is 16.2. The van der Waals surface area contributed by atoms with Crippen molar-refractivity contribution in [2.45, 2.75) is 58.0 Å². The van der Waals surface area contributed by atoms with Crippen molar-refractivity contribution in [3.63, 3.8) is 0 Å². The molecule has 0 spiro atoms. The van der Waals surface area contributed by atoms with Crippen LogP contribution in [0.3, 0.4) is 0 Å². The lowest BCUT2D eigenvalue weighted by Crippen LogP contribution is -2.42. The van der Waals surface area contributed by atoms with Crippen LogP contribution in [0.1, 0.15) is 48.8 Å². The lowest BCUT2D eigenvalue weighted by atomic mass is 9.94. The Hall–Kier alpha value is -1.35. The Morgan fingerprint density at radius 2 is 1.95 bits per heavy atom. The van der Waals surface area contributed by atoms with Gasteiger partial charge in [0, 0.05) is 25.6 Å². The minimum atomic E-state index is -0.256. The van der Waals surface area contributed by atoms with Crippen molar-refractivity contribution >= 4 is 5.91 Å². The van der Waals surface area contributed by atoms with Crippen LogP contribution in [0.2, 0.25) is 0 Å². The number of aryl methyl sites for hydroxylation is 2. The van der Waals surface area contributed by atoms with Gasteiger partial charge in [0.2, 0.25) is 5.91 Å². The summed E-state index contributed by atoms with van der Waals surface area (Å²) in [4.78, 5) is 14.1. The Balaban J connectivity index is 1.97. The first-order valence-corrected chi connectivity index (χ1v) is 7.49. The predicted molar refractivity (Wildman–Crippen MR) is 82.4 cm³/mol. The molecule has 0 unspecified atom stereocenters. The van der Waals surface area contributed by atoms with Crippen LogP contribution in [-0.2, 0) is 11.3 Å². The molecule has 0 radical (unpaired) electrons. The van der Waals surface area contributed by atoms with Crippen LogP contribution >= 0.6 is 0 Å². The van der Waals surface area contributed by atoms with Crippen molar-refractivity contribution in [1.82, 2.24) is 4.90 Å². The third-order valence-corrected chi connectivity index (χ3v) is 4.43. The molecule has 1 aliphatic carbocycles. The number of hydrogen-bond acceptors (Lipinski definition) is 2. The summed E-state index contributed by atoms with van der Waals surface area (Å²) in [6.45, 7) is 4.85. The van der Waals surface area contributed by atoms with E-state index < -0.39 is 0 Å². The first kappa shape index (κ1) is 15.0. The van der Waals surface area contributed by atoms with E-state index in [2.05, 4.69) is 32.0 Å². The smallest absolute Gasteiger partial charge is 0.224 e. The number of hydrogen-bond donors (Lipinski definition) is 1. The monoisotopic (exact) mass is 274 g/mol. The fourth-order valence-electron chi connectivity index (χ4n) is 3.06. The molecule has 0 heterocycles. The molecule has 2 rings (SSSR count). The summed E-state index contributed by atoms with van der Waals surface area (Å²) >= 11 is 0. The minimum Gasteiger partial charge on any atom is -0.341 e. The fraction of sp³-hybridized carbons (Fsp3) is 0.588. The van der Waals surface area contributed by atoms with E-state index in [4.69, 9.17) is 5.73 Å². The molecule has 3 nitrogen and oxygen atoms in total. The minimum absolute atomic E-state index is 0.161. The highest BCUT2D eigenvalue weighted by Gasteiger charge is 2.32. The standard InChI is InChI=1S/C17H26N2O/c1-13-6-7-15(14(2)10-13)12-19(3)16(20)11-17(18)8-4-5-9-17/h6-7,10H,4-5,8-9,11-12,18H2,1-3H3. The molecule has 110 valence electrons. The van der Waals surface area contributed by atoms with Crippen molar-refractivity contribution in [3.8, 4) is 0 Å². The van der Waals surface area contributed by atoms with Crippen molar-refractivity contribution in [3.05, 3.63) is 34.9 Å². The molecule has 1 fully saturated rings. The second kappa shape index (κ2) is 5.96. The maximum Gasteiger partial charge on any atom is 0.224 e. The van der Waals surface area contributed by atoms with Gasteiger partial charge in [-0.25, -0.2) is 0 Å². The van der Waals surface area contributed by atoms with Crippen LogP contribution in [0.25, 0.3) is 0 Å². The molecule has 1 aromatic carbocycles. The summed E-state index contributed by atoms with van der Waals surface area (Å²) in [6, 6.07) is 6.37. The van der Waals surface area contributed by atoms with Crippen LogP contribution < -0.4 is 5.73 Å². The first-order valence-electron chi connectivity index (χ1n) is 7.49. The van der Waals surface area contributed by atoms with Gasteiger partial charge in [0.05, 0.1) is 0 Å². The van der Waals surface area contributed by atoms with Crippen LogP contribution in [0.15, 0.2) is 18.2 Å². The molecule has 0 bridgehead atoms. The van der Waals surface area contributed by atoms with Crippen molar-refractivity contribution < 1.29 is 4.79 Å². The van der Waals surface area contributed by atoms with Crippen LogP contribution in [0.5, 0.6) is 0 Å². The van der Waals surface area contributed by atoms with Gasteiger partial charge in [-0.3, -0.25) is 4.79 Å². The largest absolute Gasteiger partial charge is 0.341 e. The van der Waals surface area contributed by atoms with Crippen molar-refractivity contribution in [2.75, 3.05) is 7.05 Å². The second-order valence-electron chi connectivity index (χ2n) is 6.43. The third kappa shape index (κ3) is 3.60. The van der Waals surface area contributed by atoms with Gasteiger partial charge in [-0.15, -0.1) is 0 Å². The zero-order valence-corrected chi connectivity index (χ0v) is 12.9. The van der Waals surface area contributed by atoms with Crippen LogP contribution in [0, 0.1) is 13.8 Å². The molecule has 0 atom stereocenters. The molecular formula is C17H26N2O. The predicted octanol–water partition coefficient (Wildman–Crippen LogP) is 2.92. The number of nitrogens with two attached hydrogens (primary N) is 1. The number of nitrogens with zero attached hydrogens (tertiary/aromatic N) is 1. The summed E-state index contributed by atoms with van der Waals surface area (Å²) in [6.07, 6.45) is 4.76. The van der Waals surface area contributed by atoms with E-state index >= 15 is 0 Å². The van der Waals surface area contributed by atoms with E-state index in [1.54, 1.807) is 0 Å². The number of amides is 1. The van der Waals surface area contributed by atoms with E-state index in [-0.39, 0.29) is 11.4 Å². The van der Waals surface area contributed by atoms with E-state index in [1.165, 1.54) is 16.7 Å². The Morgan fingerprint density at radius 1 is 1.30 bits per heavy atom. The molecule has 0 aromatic heterocycles. The van der Waals surface area contributed by atoms with Gasteiger partial charge in [-0.2, -0.15) is 0 Å². The van der Waals surface area contributed by atoms with Crippen LogP contribution in [-0.4, -0.2) is 23.4 Å². The highest BCUT2D eigenvalue weighted by Crippen LogP contribution is 2.30. The Morgan fingerprint density at radius 3 is 2.55 bits per heavy atom. The van der Waals surface area contributed by atoms with Crippen molar-refractivity contribution in [2.24, 2.45) is 5.73 Å². The number of carbonyl (C=O) groups is 1. The summed E-state index contributed by atoms with van der Waals surface area (Å²) in [5.74, 6) is 0.161. The lowest BCUT2D eigenvalue weighted by Gasteiger charge is -2.26. The Kier molecular flexibility index (Phi) is 4.48. The third-order valence-electron chi connectivity index (χ3n) is 4.43. The molecule has 2 N–H and O–H groups in total.